The standard InChI is InChI=1S/C7H7.C2H6.Y/c1-7-5-3-2-4-6-7;1-2;/h3-6H,1H3;1-2H3;/q-1;;. The Bertz CT molecular complexity index is 135. The van der Waals surface area contributed by atoms with Gasteiger partial charge in [-0.15, -0.1) is 0 Å². The summed E-state index contributed by atoms with van der Waals surface area (Å²) >= 11 is 0. The predicted molar refractivity (Wildman–Crippen MR) is 41.4 cm³/mol. The van der Waals surface area contributed by atoms with Crippen molar-refractivity contribution in [1.82, 2.24) is 0 Å². The summed E-state index contributed by atoms with van der Waals surface area (Å²) < 4.78 is 0. The Hall–Kier alpha value is 0.324. The van der Waals surface area contributed by atoms with Gasteiger partial charge in [0.1, 0.15) is 0 Å². The van der Waals surface area contributed by atoms with Crippen LogP contribution < -0.4 is 0 Å². The quantitative estimate of drug-likeness (QED) is 0.577. The number of rotatable bonds is 0. The van der Waals surface area contributed by atoms with Crippen molar-refractivity contribution in [2.45, 2.75) is 20.8 Å². The minimum atomic E-state index is 0. The van der Waals surface area contributed by atoms with Crippen molar-refractivity contribution in [2.24, 2.45) is 0 Å². The van der Waals surface area contributed by atoms with Crippen LogP contribution in [0.2, 0.25) is 0 Å². The molecule has 1 heteroatoms. The summed E-state index contributed by atoms with van der Waals surface area (Å²) in [5, 5.41) is 0. The first-order valence-corrected chi connectivity index (χ1v) is 3.32. The Labute approximate surface area is 88.9 Å². The van der Waals surface area contributed by atoms with Gasteiger partial charge in [0.05, 0.1) is 0 Å². The maximum absolute atomic E-state index is 2.93. The van der Waals surface area contributed by atoms with Crippen LogP contribution in [0.3, 0.4) is 0 Å². The molecule has 0 aliphatic heterocycles. The van der Waals surface area contributed by atoms with Crippen molar-refractivity contribution in [1.29, 1.82) is 0 Å². The van der Waals surface area contributed by atoms with Crippen molar-refractivity contribution < 1.29 is 32.7 Å². The van der Waals surface area contributed by atoms with Crippen LogP contribution in [0.15, 0.2) is 24.3 Å². The van der Waals surface area contributed by atoms with Crippen LogP contribution in [0.25, 0.3) is 0 Å². The molecule has 0 aromatic heterocycles. The topological polar surface area (TPSA) is 0 Å². The zero-order chi connectivity index (χ0) is 7.11. The maximum Gasteiger partial charge on any atom is 0 e. The Kier molecular flexibility index (Phi) is 12.1. The second kappa shape index (κ2) is 9.32. The van der Waals surface area contributed by atoms with Crippen LogP contribution in [0, 0.1) is 13.0 Å². The first-order chi connectivity index (χ1) is 4.39. The smallest absolute Gasteiger partial charge is 0 e. The van der Waals surface area contributed by atoms with Crippen molar-refractivity contribution in [3.63, 3.8) is 0 Å². The van der Waals surface area contributed by atoms with Crippen molar-refractivity contribution in [3.05, 3.63) is 35.9 Å². The molecule has 1 aromatic carbocycles. The molecule has 0 aliphatic rings. The minimum Gasteiger partial charge on any atom is -0.184 e. The molecule has 1 radical (unpaired) electrons. The molecule has 1 aromatic rings. The van der Waals surface area contributed by atoms with Gasteiger partial charge in [0.2, 0.25) is 0 Å². The van der Waals surface area contributed by atoms with Gasteiger partial charge in [-0.1, -0.05) is 20.8 Å². The third kappa shape index (κ3) is 6.44. The largest absolute Gasteiger partial charge is 0.184 e. The fraction of sp³-hybridized carbons (Fsp3) is 0.333. The van der Waals surface area contributed by atoms with Gasteiger partial charge in [-0.2, -0.15) is 35.9 Å². The molecule has 53 valence electrons. The van der Waals surface area contributed by atoms with Gasteiger partial charge < -0.3 is 0 Å². The SMILES string of the molecule is CC.Cc1cc[c-]cc1.[Y]. The molecule has 0 saturated heterocycles. The summed E-state index contributed by atoms with van der Waals surface area (Å²) in [6.07, 6.45) is 0. The Morgan fingerprint density at radius 2 is 1.50 bits per heavy atom. The average Bonchev–Trinajstić information content (AvgIpc) is 1.94. The summed E-state index contributed by atoms with van der Waals surface area (Å²) in [6.45, 7) is 6.06. The molecule has 0 nitrogen and oxygen atoms in total. The Balaban J connectivity index is 0. The van der Waals surface area contributed by atoms with Crippen molar-refractivity contribution >= 4 is 0 Å². The molecule has 0 atom stereocenters. The second-order valence-electron chi connectivity index (χ2n) is 1.58. The van der Waals surface area contributed by atoms with Gasteiger partial charge in [0.25, 0.3) is 0 Å². The molecular weight excluding hydrogens is 197 g/mol. The predicted octanol–water partition coefficient (Wildman–Crippen LogP) is 2.82. The van der Waals surface area contributed by atoms with E-state index in [1.165, 1.54) is 5.56 Å². The minimum absolute atomic E-state index is 0. The number of hydrogen-bond acceptors (Lipinski definition) is 0. The summed E-state index contributed by atoms with van der Waals surface area (Å²) in [5.41, 5.74) is 1.29. The fourth-order valence-electron chi connectivity index (χ4n) is 0.470. The Morgan fingerprint density at radius 1 is 1.10 bits per heavy atom. The zero-order valence-electron chi connectivity index (χ0n) is 6.89. The van der Waals surface area contributed by atoms with Gasteiger partial charge in [-0.05, 0) is 0 Å². The van der Waals surface area contributed by atoms with Gasteiger partial charge in [-0.3, -0.25) is 0 Å². The molecule has 0 bridgehead atoms. The van der Waals surface area contributed by atoms with Crippen LogP contribution in [-0.2, 0) is 32.7 Å². The molecule has 0 saturated carbocycles. The third-order valence-electron chi connectivity index (χ3n) is 0.885. The molecule has 0 N–H and O–H groups in total. The van der Waals surface area contributed by atoms with Gasteiger partial charge in [0, 0.05) is 32.7 Å². The molecule has 0 unspecified atom stereocenters. The summed E-state index contributed by atoms with van der Waals surface area (Å²) in [7, 11) is 0. The molecule has 1 rings (SSSR count). The van der Waals surface area contributed by atoms with E-state index in [1.807, 2.05) is 38.1 Å². The summed E-state index contributed by atoms with van der Waals surface area (Å²) in [4.78, 5) is 0. The van der Waals surface area contributed by atoms with E-state index in [0.29, 0.717) is 0 Å². The van der Waals surface area contributed by atoms with Crippen LogP contribution in [-0.4, -0.2) is 0 Å². The second-order valence-corrected chi connectivity index (χ2v) is 1.58. The van der Waals surface area contributed by atoms with E-state index in [0.717, 1.165) is 0 Å². The molecule has 0 heterocycles. The zero-order valence-corrected chi connectivity index (χ0v) is 9.73. The monoisotopic (exact) mass is 210 g/mol. The normalized spacial score (nSPS) is 6.70. The van der Waals surface area contributed by atoms with Crippen LogP contribution in [0.4, 0.5) is 0 Å². The van der Waals surface area contributed by atoms with E-state index in [1.54, 1.807) is 0 Å². The average molecular weight is 210 g/mol. The van der Waals surface area contributed by atoms with E-state index in [-0.39, 0.29) is 32.7 Å². The van der Waals surface area contributed by atoms with Gasteiger partial charge >= 0.3 is 0 Å². The van der Waals surface area contributed by atoms with E-state index >= 15 is 0 Å². The van der Waals surface area contributed by atoms with Gasteiger partial charge in [-0.25, -0.2) is 0 Å². The first-order valence-electron chi connectivity index (χ1n) is 3.32. The molecule has 0 spiro atoms. The molecule has 10 heavy (non-hydrogen) atoms. The third-order valence-corrected chi connectivity index (χ3v) is 0.885. The fourth-order valence-corrected chi connectivity index (χ4v) is 0.470. The molecule has 0 fully saturated rings. The summed E-state index contributed by atoms with van der Waals surface area (Å²) in [5.74, 6) is 0. The Morgan fingerprint density at radius 3 is 1.70 bits per heavy atom. The van der Waals surface area contributed by atoms with Crippen LogP contribution in [0.5, 0.6) is 0 Å². The number of benzene rings is 1. The molecular formula is C9H13Y-. The van der Waals surface area contributed by atoms with Gasteiger partial charge in [0.15, 0.2) is 0 Å². The van der Waals surface area contributed by atoms with Crippen LogP contribution in [0.1, 0.15) is 19.4 Å². The number of hydrogen-bond donors (Lipinski definition) is 0. The molecule has 0 aliphatic carbocycles. The number of aryl methyl sites for hydroxylation is 1. The van der Waals surface area contributed by atoms with E-state index in [9.17, 15) is 0 Å². The van der Waals surface area contributed by atoms with Crippen LogP contribution >= 0.6 is 0 Å². The summed E-state index contributed by atoms with van der Waals surface area (Å²) in [6, 6.07) is 10.8. The van der Waals surface area contributed by atoms with Crippen molar-refractivity contribution in [2.75, 3.05) is 0 Å². The van der Waals surface area contributed by atoms with E-state index in [4.69, 9.17) is 0 Å². The van der Waals surface area contributed by atoms with Crippen molar-refractivity contribution in [3.8, 4) is 0 Å². The maximum atomic E-state index is 2.93. The first kappa shape index (κ1) is 13.0. The van der Waals surface area contributed by atoms with E-state index < -0.39 is 0 Å². The molecule has 0 amide bonds. The van der Waals surface area contributed by atoms with E-state index in [2.05, 4.69) is 13.0 Å².